The van der Waals surface area contributed by atoms with Crippen LogP contribution in [0.5, 0.6) is 0 Å². The average molecular weight is 570 g/mol. The van der Waals surface area contributed by atoms with E-state index in [4.69, 9.17) is 0 Å². The Morgan fingerprint density at radius 2 is 1.81 bits per heavy atom. The predicted molar refractivity (Wildman–Crippen MR) is 131 cm³/mol. The Kier molecular flexibility index (Phi) is 10.3. The topological polar surface area (TPSA) is 120 Å². The average Bonchev–Trinajstić information content (AvgIpc) is 3.43. The van der Waals surface area contributed by atoms with Crippen molar-refractivity contribution in [2.24, 2.45) is 10.9 Å². The number of nitrogens with one attached hydrogen (secondary N) is 3. The third-order valence-corrected chi connectivity index (χ3v) is 7.86. The van der Waals surface area contributed by atoms with Gasteiger partial charge < -0.3 is 20.9 Å². The molecular weight excluding hydrogens is 533 g/mol. The fraction of sp³-hybridized carbons (Fsp3) is 0.850. The summed E-state index contributed by atoms with van der Waals surface area (Å²) in [5, 5.41) is 9.36. The first-order valence-electron chi connectivity index (χ1n) is 11.2. The Morgan fingerprint density at radius 3 is 2.45 bits per heavy atom. The molecule has 2 heterocycles. The van der Waals surface area contributed by atoms with Crippen molar-refractivity contribution in [3.63, 3.8) is 0 Å². The van der Waals surface area contributed by atoms with Crippen LogP contribution in [0, 0.1) is 5.92 Å². The zero-order valence-electron chi connectivity index (χ0n) is 18.3. The second kappa shape index (κ2) is 12.2. The summed E-state index contributed by atoms with van der Waals surface area (Å²) in [5.41, 5.74) is 0. The van der Waals surface area contributed by atoms with Gasteiger partial charge in [-0.2, -0.15) is 0 Å². The third kappa shape index (κ3) is 8.07. The number of sulfone groups is 1. The van der Waals surface area contributed by atoms with E-state index in [9.17, 15) is 18.0 Å². The van der Waals surface area contributed by atoms with Crippen LogP contribution in [0.4, 0.5) is 0 Å². The summed E-state index contributed by atoms with van der Waals surface area (Å²) < 4.78 is 23.0. The first-order chi connectivity index (χ1) is 14.4. The molecule has 31 heavy (non-hydrogen) atoms. The maximum atomic E-state index is 12.6. The standard InChI is InChI=1S/C20H35N5O4S.HI/c1-2-21-20(22-10-7-18(26)23-17-9-12-30(28,29)14-17)24-16-8-11-25(13-16)19(27)15-5-3-4-6-15;/h15-17H,2-14H2,1H3,(H,23,26)(H2,21,22,24);1H. The lowest BCUT2D eigenvalue weighted by molar-refractivity contribution is -0.134. The van der Waals surface area contributed by atoms with E-state index in [1.165, 1.54) is 0 Å². The molecule has 0 aromatic heterocycles. The normalized spacial score (nSPS) is 25.8. The Balaban J connectivity index is 0.00000341. The first-order valence-corrected chi connectivity index (χ1v) is 13.0. The second-order valence-corrected chi connectivity index (χ2v) is 10.8. The maximum absolute atomic E-state index is 12.6. The minimum atomic E-state index is -3.00. The largest absolute Gasteiger partial charge is 0.357 e. The molecule has 0 radical (unpaired) electrons. The predicted octanol–water partition coefficient (Wildman–Crippen LogP) is 0.644. The number of halogens is 1. The Hall–Kier alpha value is -1.11. The molecule has 3 aliphatic rings. The molecule has 0 spiro atoms. The molecule has 2 amide bonds. The fourth-order valence-corrected chi connectivity index (χ4v) is 6.17. The molecule has 3 fully saturated rings. The van der Waals surface area contributed by atoms with Gasteiger partial charge in [-0.3, -0.25) is 14.6 Å². The van der Waals surface area contributed by atoms with Crippen molar-refractivity contribution in [1.29, 1.82) is 0 Å². The highest BCUT2D eigenvalue weighted by Crippen LogP contribution is 2.27. The van der Waals surface area contributed by atoms with E-state index in [1.54, 1.807) is 0 Å². The molecule has 0 aromatic rings. The molecule has 3 N–H and O–H groups in total. The molecule has 9 nitrogen and oxygen atoms in total. The van der Waals surface area contributed by atoms with E-state index in [2.05, 4.69) is 20.9 Å². The number of nitrogens with zero attached hydrogens (tertiary/aromatic N) is 2. The lowest BCUT2D eigenvalue weighted by Gasteiger charge is -2.21. The first kappa shape index (κ1) is 26.1. The maximum Gasteiger partial charge on any atom is 0.225 e. The molecular formula is C20H36IN5O4S. The van der Waals surface area contributed by atoms with Gasteiger partial charge in [0.25, 0.3) is 0 Å². The third-order valence-electron chi connectivity index (χ3n) is 6.10. The monoisotopic (exact) mass is 569 g/mol. The molecule has 2 atom stereocenters. The van der Waals surface area contributed by atoms with Crippen LogP contribution in [0.25, 0.3) is 0 Å². The van der Waals surface area contributed by atoms with E-state index >= 15 is 0 Å². The van der Waals surface area contributed by atoms with Crippen LogP contribution < -0.4 is 16.0 Å². The zero-order valence-corrected chi connectivity index (χ0v) is 21.4. The summed E-state index contributed by atoms with van der Waals surface area (Å²) >= 11 is 0. The highest BCUT2D eigenvalue weighted by molar-refractivity contribution is 14.0. The van der Waals surface area contributed by atoms with Crippen LogP contribution in [0.3, 0.4) is 0 Å². The van der Waals surface area contributed by atoms with Crippen LogP contribution in [-0.4, -0.2) is 80.9 Å². The van der Waals surface area contributed by atoms with Gasteiger partial charge in [0.05, 0.1) is 18.1 Å². The summed E-state index contributed by atoms with van der Waals surface area (Å²) in [6, 6.07) is -0.120. The van der Waals surface area contributed by atoms with Gasteiger partial charge in [-0.25, -0.2) is 8.42 Å². The van der Waals surface area contributed by atoms with E-state index in [0.29, 0.717) is 37.9 Å². The van der Waals surface area contributed by atoms with E-state index < -0.39 is 9.84 Å². The van der Waals surface area contributed by atoms with Crippen molar-refractivity contribution in [1.82, 2.24) is 20.9 Å². The molecule has 2 aliphatic heterocycles. The van der Waals surface area contributed by atoms with Gasteiger partial charge in [0.2, 0.25) is 11.8 Å². The quantitative estimate of drug-likeness (QED) is 0.235. The molecule has 2 unspecified atom stereocenters. The number of guanidine groups is 1. The molecule has 2 saturated heterocycles. The number of hydrogen-bond acceptors (Lipinski definition) is 5. The molecule has 178 valence electrons. The molecule has 1 aliphatic carbocycles. The SMILES string of the molecule is CCNC(=NCCC(=O)NC1CCS(=O)(=O)C1)NC1CCN(C(=O)C2CCCC2)C1.I. The number of hydrogen-bond donors (Lipinski definition) is 3. The Labute approximate surface area is 202 Å². The van der Waals surface area contributed by atoms with Crippen molar-refractivity contribution in [3.05, 3.63) is 0 Å². The highest BCUT2D eigenvalue weighted by Gasteiger charge is 2.32. The van der Waals surface area contributed by atoms with Crippen LogP contribution in [0.2, 0.25) is 0 Å². The summed E-state index contributed by atoms with van der Waals surface area (Å²) in [6.07, 6.45) is 5.95. The minimum absolute atomic E-state index is 0. The van der Waals surface area contributed by atoms with E-state index in [-0.39, 0.29) is 65.8 Å². The van der Waals surface area contributed by atoms with Crippen LogP contribution in [0.15, 0.2) is 4.99 Å². The number of likely N-dealkylation sites (tertiary alicyclic amines) is 1. The summed E-state index contributed by atoms with van der Waals surface area (Å²) in [5.74, 6) is 1.15. The number of rotatable bonds is 7. The van der Waals surface area contributed by atoms with E-state index in [1.807, 2.05) is 11.8 Å². The van der Waals surface area contributed by atoms with Crippen molar-refractivity contribution < 1.29 is 18.0 Å². The van der Waals surface area contributed by atoms with Crippen molar-refractivity contribution in [3.8, 4) is 0 Å². The minimum Gasteiger partial charge on any atom is -0.357 e. The van der Waals surface area contributed by atoms with Crippen molar-refractivity contribution in [2.75, 3.05) is 37.7 Å². The smallest absolute Gasteiger partial charge is 0.225 e. The molecule has 0 aromatic carbocycles. The molecule has 11 heteroatoms. The summed E-state index contributed by atoms with van der Waals surface area (Å²) in [7, 11) is -3.00. The fourth-order valence-electron chi connectivity index (χ4n) is 4.50. The van der Waals surface area contributed by atoms with Crippen LogP contribution >= 0.6 is 24.0 Å². The van der Waals surface area contributed by atoms with Gasteiger partial charge in [0, 0.05) is 44.1 Å². The van der Waals surface area contributed by atoms with Gasteiger partial charge in [-0.15, -0.1) is 24.0 Å². The van der Waals surface area contributed by atoms with Crippen LogP contribution in [-0.2, 0) is 19.4 Å². The van der Waals surface area contributed by atoms with Crippen molar-refractivity contribution >= 4 is 51.6 Å². The highest BCUT2D eigenvalue weighted by atomic mass is 127. The van der Waals surface area contributed by atoms with Gasteiger partial charge in [0.15, 0.2) is 15.8 Å². The zero-order chi connectivity index (χ0) is 21.6. The van der Waals surface area contributed by atoms with E-state index in [0.717, 1.165) is 38.6 Å². The lowest BCUT2D eigenvalue weighted by atomic mass is 10.1. The number of carbonyl (C=O) groups excluding carboxylic acids is 2. The number of carbonyl (C=O) groups is 2. The summed E-state index contributed by atoms with van der Waals surface area (Å²) in [6.45, 7) is 4.47. The molecule has 1 saturated carbocycles. The van der Waals surface area contributed by atoms with Gasteiger partial charge in [-0.05, 0) is 32.6 Å². The van der Waals surface area contributed by atoms with Crippen LogP contribution in [0.1, 0.15) is 51.9 Å². The van der Waals surface area contributed by atoms with Gasteiger partial charge in [0.1, 0.15) is 0 Å². The molecule has 3 rings (SSSR count). The Morgan fingerprint density at radius 1 is 1.06 bits per heavy atom. The molecule has 0 bridgehead atoms. The Bertz CT molecular complexity index is 755. The lowest BCUT2D eigenvalue weighted by Crippen LogP contribution is -2.45. The van der Waals surface area contributed by atoms with Gasteiger partial charge in [-0.1, -0.05) is 12.8 Å². The number of aliphatic imine (C=N–C) groups is 1. The van der Waals surface area contributed by atoms with Crippen molar-refractivity contribution in [2.45, 2.75) is 64.0 Å². The number of amides is 2. The van der Waals surface area contributed by atoms with Gasteiger partial charge >= 0.3 is 0 Å². The second-order valence-electron chi connectivity index (χ2n) is 8.57. The summed E-state index contributed by atoms with van der Waals surface area (Å²) in [4.78, 5) is 31.1.